The van der Waals surface area contributed by atoms with Crippen LogP contribution in [0.3, 0.4) is 0 Å². The van der Waals surface area contributed by atoms with E-state index in [2.05, 4.69) is 57.3 Å². The highest BCUT2D eigenvalue weighted by atomic mass is 16.5. The zero-order valence-corrected chi connectivity index (χ0v) is 13.4. The molecule has 112 valence electrons. The monoisotopic (exact) mass is 275 g/mol. The highest BCUT2D eigenvalue weighted by Gasteiger charge is 2.37. The number of benzene rings is 1. The molecule has 2 heteroatoms. The molecule has 1 atom stereocenters. The van der Waals surface area contributed by atoms with Crippen LogP contribution in [-0.4, -0.2) is 19.8 Å². The molecular formula is C18H29NO. The minimum Gasteiger partial charge on any atom is -0.380 e. The Hall–Kier alpha value is -0.860. The molecule has 0 fully saturated rings. The molecule has 20 heavy (non-hydrogen) atoms. The highest BCUT2D eigenvalue weighted by Crippen LogP contribution is 2.44. The molecule has 1 unspecified atom stereocenters. The van der Waals surface area contributed by atoms with Crippen molar-refractivity contribution in [1.82, 2.24) is 5.32 Å². The zero-order valence-electron chi connectivity index (χ0n) is 13.4. The van der Waals surface area contributed by atoms with Crippen molar-refractivity contribution >= 4 is 0 Å². The second kappa shape index (κ2) is 6.73. The molecule has 1 N–H and O–H groups in total. The fraction of sp³-hybridized carbons (Fsp3) is 0.667. The van der Waals surface area contributed by atoms with Crippen molar-refractivity contribution in [2.75, 3.05) is 19.8 Å². The lowest BCUT2D eigenvalue weighted by Gasteiger charge is -2.28. The van der Waals surface area contributed by atoms with Crippen LogP contribution in [0.5, 0.6) is 0 Å². The van der Waals surface area contributed by atoms with E-state index >= 15 is 0 Å². The Bertz CT molecular complexity index is 425. The van der Waals surface area contributed by atoms with Crippen molar-refractivity contribution in [2.24, 2.45) is 11.3 Å². The molecule has 0 saturated carbocycles. The van der Waals surface area contributed by atoms with E-state index in [9.17, 15) is 0 Å². The van der Waals surface area contributed by atoms with Gasteiger partial charge < -0.3 is 10.1 Å². The van der Waals surface area contributed by atoms with Crippen LogP contribution in [0.15, 0.2) is 24.3 Å². The quantitative estimate of drug-likeness (QED) is 0.760. The van der Waals surface area contributed by atoms with Crippen molar-refractivity contribution < 1.29 is 4.74 Å². The molecule has 0 amide bonds. The Morgan fingerprint density at radius 2 is 2.00 bits per heavy atom. The summed E-state index contributed by atoms with van der Waals surface area (Å²) in [6.07, 6.45) is 2.31. The smallest absolute Gasteiger partial charge is 0.0591 e. The summed E-state index contributed by atoms with van der Waals surface area (Å²) in [4.78, 5) is 0. The third kappa shape index (κ3) is 3.83. The maximum absolute atomic E-state index is 5.70. The first-order valence-electron chi connectivity index (χ1n) is 7.89. The molecule has 0 radical (unpaired) electrons. The van der Waals surface area contributed by atoms with Gasteiger partial charge in [-0.2, -0.15) is 0 Å². The maximum atomic E-state index is 5.70. The summed E-state index contributed by atoms with van der Waals surface area (Å²) in [6.45, 7) is 11.8. The van der Waals surface area contributed by atoms with Gasteiger partial charge in [-0.05, 0) is 35.3 Å². The molecule has 0 saturated heterocycles. The lowest BCUT2D eigenvalue weighted by Crippen LogP contribution is -2.33. The molecule has 2 nitrogen and oxygen atoms in total. The van der Waals surface area contributed by atoms with Crippen molar-refractivity contribution in [3.63, 3.8) is 0 Å². The highest BCUT2D eigenvalue weighted by molar-refractivity contribution is 5.37. The maximum Gasteiger partial charge on any atom is 0.0591 e. The zero-order chi connectivity index (χ0) is 14.6. The topological polar surface area (TPSA) is 21.3 Å². The average molecular weight is 275 g/mol. The molecule has 1 aromatic rings. The van der Waals surface area contributed by atoms with E-state index in [0.29, 0.717) is 11.5 Å². The van der Waals surface area contributed by atoms with Gasteiger partial charge in [0.25, 0.3) is 0 Å². The average Bonchev–Trinajstić information content (AvgIpc) is 2.63. The van der Waals surface area contributed by atoms with Gasteiger partial charge in [-0.1, -0.05) is 52.0 Å². The first-order valence-corrected chi connectivity index (χ1v) is 7.89. The van der Waals surface area contributed by atoms with Gasteiger partial charge >= 0.3 is 0 Å². The van der Waals surface area contributed by atoms with E-state index in [-0.39, 0.29) is 0 Å². The summed E-state index contributed by atoms with van der Waals surface area (Å²) >= 11 is 0. The van der Waals surface area contributed by atoms with Crippen molar-refractivity contribution in [2.45, 2.75) is 46.6 Å². The largest absolute Gasteiger partial charge is 0.380 e. The molecular weight excluding hydrogens is 246 g/mol. The van der Waals surface area contributed by atoms with Gasteiger partial charge in [0, 0.05) is 19.2 Å². The van der Waals surface area contributed by atoms with Crippen molar-refractivity contribution in [1.29, 1.82) is 0 Å². The van der Waals surface area contributed by atoms with Crippen LogP contribution in [0.1, 0.15) is 51.3 Å². The molecule has 0 aromatic heterocycles. The number of nitrogens with one attached hydrogen (secondary N) is 1. The molecule has 1 aliphatic carbocycles. The van der Waals surface area contributed by atoms with Crippen LogP contribution < -0.4 is 5.32 Å². The second-order valence-corrected chi connectivity index (χ2v) is 7.05. The fourth-order valence-electron chi connectivity index (χ4n) is 3.07. The number of rotatable bonds is 7. The predicted octanol–water partition coefficient (Wildman–Crippen LogP) is 3.96. The number of hydrogen-bond acceptors (Lipinski definition) is 2. The first kappa shape index (κ1) is 15.5. The Balaban J connectivity index is 1.80. The summed E-state index contributed by atoms with van der Waals surface area (Å²) in [5.41, 5.74) is 3.26. The minimum atomic E-state index is 0.293. The van der Waals surface area contributed by atoms with Crippen molar-refractivity contribution in [3.05, 3.63) is 35.4 Å². The van der Waals surface area contributed by atoms with E-state index in [1.807, 2.05) is 0 Å². The van der Waals surface area contributed by atoms with Crippen LogP contribution in [-0.2, 0) is 11.2 Å². The standard InChI is InChI=1S/C18H29NO/c1-14(2)9-11-20-12-10-19-17-16-8-6-5-7-15(16)13-18(17,3)4/h5-8,14,17,19H,9-13H2,1-4H3. The van der Waals surface area contributed by atoms with Crippen LogP contribution in [0.2, 0.25) is 0 Å². The SMILES string of the molecule is CC(C)CCOCCNC1c2ccccc2CC1(C)C. The van der Waals surface area contributed by atoms with Crippen LogP contribution in [0.4, 0.5) is 0 Å². The van der Waals surface area contributed by atoms with Gasteiger partial charge in [-0.3, -0.25) is 0 Å². The second-order valence-electron chi connectivity index (χ2n) is 7.05. The Labute approximate surface area is 123 Å². The summed E-state index contributed by atoms with van der Waals surface area (Å²) < 4.78 is 5.70. The first-order chi connectivity index (χ1) is 9.50. The predicted molar refractivity (Wildman–Crippen MR) is 84.9 cm³/mol. The third-order valence-corrected chi connectivity index (χ3v) is 4.23. The molecule has 0 spiro atoms. The third-order valence-electron chi connectivity index (χ3n) is 4.23. The van der Waals surface area contributed by atoms with E-state index < -0.39 is 0 Å². The molecule has 1 aromatic carbocycles. The van der Waals surface area contributed by atoms with Gasteiger partial charge in [0.2, 0.25) is 0 Å². The van der Waals surface area contributed by atoms with E-state index in [1.54, 1.807) is 0 Å². The van der Waals surface area contributed by atoms with Gasteiger partial charge in [-0.15, -0.1) is 0 Å². The summed E-state index contributed by atoms with van der Waals surface area (Å²) in [5, 5.41) is 3.69. The van der Waals surface area contributed by atoms with E-state index in [0.717, 1.165) is 38.5 Å². The van der Waals surface area contributed by atoms with Gasteiger partial charge in [0.1, 0.15) is 0 Å². The molecule has 0 aliphatic heterocycles. The Kier molecular flexibility index (Phi) is 5.22. The lowest BCUT2D eigenvalue weighted by molar-refractivity contribution is 0.118. The molecule has 2 rings (SSSR count). The molecule has 1 aliphatic rings. The number of hydrogen-bond donors (Lipinski definition) is 1. The van der Waals surface area contributed by atoms with Gasteiger partial charge in [0.15, 0.2) is 0 Å². The van der Waals surface area contributed by atoms with Crippen molar-refractivity contribution in [3.8, 4) is 0 Å². The minimum absolute atomic E-state index is 0.293. The van der Waals surface area contributed by atoms with E-state index in [1.165, 1.54) is 11.1 Å². The molecule has 0 heterocycles. The summed E-state index contributed by atoms with van der Waals surface area (Å²) in [7, 11) is 0. The summed E-state index contributed by atoms with van der Waals surface area (Å²) in [5.74, 6) is 0.726. The summed E-state index contributed by atoms with van der Waals surface area (Å²) in [6, 6.07) is 9.27. The Morgan fingerprint density at radius 3 is 2.75 bits per heavy atom. The fourth-order valence-corrected chi connectivity index (χ4v) is 3.07. The van der Waals surface area contributed by atoms with Crippen LogP contribution in [0.25, 0.3) is 0 Å². The van der Waals surface area contributed by atoms with Gasteiger partial charge in [0.05, 0.1) is 6.61 Å². The number of fused-ring (bicyclic) bond motifs is 1. The van der Waals surface area contributed by atoms with Crippen LogP contribution in [0, 0.1) is 11.3 Å². The number of ether oxygens (including phenoxy) is 1. The normalized spacial score (nSPS) is 20.4. The van der Waals surface area contributed by atoms with E-state index in [4.69, 9.17) is 4.74 Å². The Morgan fingerprint density at radius 1 is 1.25 bits per heavy atom. The lowest BCUT2D eigenvalue weighted by atomic mass is 9.85. The molecule has 0 bridgehead atoms. The van der Waals surface area contributed by atoms with Crippen LogP contribution >= 0.6 is 0 Å². The van der Waals surface area contributed by atoms with Gasteiger partial charge in [-0.25, -0.2) is 0 Å².